The third-order valence-corrected chi connectivity index (χ3v) is 0.577. The van der Waals surface area contributed by atoms with Crippen LogP contribution in [0.3, 0.4) is 0 Å². The van der Waals surface area contributed by atoms with Gasteiger partial charge < -0.3 is 0 Å². The fourth-order valence-corrected chi connectivity index (χ4v) is 0.289. The molecule has 0 spiro atoms. The third-order valence-electron chi connectivity index (χ3n) is 0.577. The lowest BCUT2D eigenvalue weighted by atomic mass is 10.3. The topological polar surface area (TPSA) is 0 Å². The average Bonchev–Trinajstić information content (AvgIpc) is 1.41. The van der Waals surface area contributed by atoms with Crippen molar-refractivity contribution in [3.8, 4) is 0 Å². The number of hydrogen-bond donors (Lipinski definition) is 0. The number of unbranched alkanes of at least 4 members (excludes halogenated alkanes) is 2. The fraction of sp³-hybridized carbons (Fsp3) is 0.800. The summed E-state index contributed by atoms with van der Waals surface area (Å²) >= 11 is 0. The van der Waals surface area contributed by atoms with Crippen LogP contribution in [0.15, 0.2) is 0 Å². The van der Waals surface area contributed by atoms with Crippen LogP contribution in [0.25, 0.3) is 0 Å². The van der Waals surface area contributed by atoms with Gasteiger partial charge in [-0.15, -0.1) is 0 Å². The van der Waals surface area contributed by atoms with Gasteiger partial charge in [0.05, 0.1) is 0 Å². The van der Waals surface area contributed by atoms with E-state index >= 15 is 0 Å². The molecule has 0 fully saturated rings. The molecule has 37 valence electrons. The molecule has 0 atom stereocenters. The van der Waals surface area contributed by atoms with Crippen LogP contribution in [-0.2, 0) is 0 Å². The number of hydrogen-bond acceptors (Lipinski definition) is 0. The molecule has 0 aromatic heterocycles. The summed E-state index contributed by atoms with van der Waals surface area (Å²) in [5.74, 6) is 0. The zero-order valence-electron chi connectivity index (χ0n) is 3.99. The van der Waals surface area contributed by atoms with E-state index in [1.54, 1.807) is 0 Å². The van der Waals surface area contributed by atoms with E-state index in [1.165, 1.54) is 12.8 Å². The van der Waals surface area contributed by atoms with E-state index in [4.69, 9.17) is 0 Å². The van der Waals surface area contributed by atoms with Crippen molar-refractivity contribution in [2.75, 3.05) is 0 Å². The largest absolute Gasteiger partial charge is 0.187 e. The van der Waals surface area contributed by atoms with Gasteiger partial charge in [0.1, 0.15) is 0 Å². The summed E-state index contributed by atoms with van der Waals surface area (Å²) in [6.07, 6.45) is 4.73. The van der Waals surface area contributed by atoms with Gasteiger partial charge in [-0.1, -0.05) is 26.7 Å². The molecule has 0 aromatic carbocycles. The Morgan fingerprint density at radius 3 is 2.00 bits per heavy atom. The molecule has 0 aliphatic rings. The first-order valence-electron chi connectivity index (χ1n) is 2.19. The van der Waals surface area contributed by atoms with Crippen LogP contribution in [0, 0.1) is 6.42 Å². The Balaban J connectivity index is 0. The van der Waals surface area contributed by atoms with E-state index in [-0.39, 0.29) is 17.4 Å². The predicted molar refractivity (Wildman–Crippen MR) is 34.8 cm³/mol. The predicted octanol–water partition coefficient (Wildman–Crippen LogP) is 0.827. The van der Waals surface area contributed by atoms with Crippen molar-refractivity contribution in [2.24, 2.45) is 0 Å². The summed E-state index contributed by atoms with van der Waals surface area (Å²) in [4.78, 5) is 0. The maximum Gasteiger partial charge on any atom is 0.187 e. The van der Waals surface area contributed by atoms with Crippen molar-refractivity contribution in [1.29, 1.82) is 0 Å². The van der Waals surface area contributed by atoms with E-state index in [0.29, 0.717) is 0 Å². The molecule has 6 heavy (non-hydrogen) atoms. The lowest BCUT2D eigenvalue weighted by Gasteiger charge is -1.78. The van der Waals surface area contributed by atoms with Gasteiger partial charge in [-0.05, 0) is 6.42 Å². The van der Waals surface area contributed by atoms with Crippen molar-refractivity contribution in [3.05, 3.63) is 6.42 Å². The molecule has 0 heterocycles. The summed E-state index contributed by atoms with van der Waals surface area (Å²) in [6, 6.07) is 0. The molecule has 0 amide bonds. The second kappa shape index (κ2) is 9.11. The molecule has 0 unspecified atom stereocenters. The summed E-state index contributed by atoms with van der Waals surface area (Å²) in [7, 11) is 0. The van der Waals surface area contributed by atoms with Crippen LogP contribution in [0.5, 0.6) is 0 Å². The van der Waals surface area contributed by atoms with Crippen LogP contribution < -0.4 is 0 Å². The molecule has 0 bridgehead atoms. The van der Waals surface area contributed by atoms with E-state index in [1.807, 2.05) is 0 Å². The molecule has 0 nitrogen and oxygen atoms in total. The zero-order chi connectivity index (χ0) is 4.12. The second-order valence-electron chi connectivity index (χ2n) is 1.20. The molecule has 0 saturated carbocycles. The highest BCUT2D eigenvalue weighted by Crippen LogP contribution is 1.86. The normalized spacial score (nSPS) is 7.00. The van der Waals surface area contributed by atoms with Gasteiger partial charge in [0.25, 0.3) is 0 Å². The fourth-order valence-electron chi connectivity index (χ4n) is 0.289. The van der Waals surface area contributed by atoms with Crippen molar-refractivity contribution in [2.45, 2.75) is 26.7 Å². The van der Waals surface area contributed by atoms with Crippen LogP contribution in [0.4, 0.5) is 0 Å². The SMILES string of the molecule is C[CH]CCC.[AlH3]. The Bertz CT molecular complexity index is 11.4. The van der Waals surface area contributed by atoms with Gasteiger partial charge >= 0.3 is 0 Å². The third kappa shape index (κ3) is 8.82. The van der Waals surface area contributed by atoms with E-state index in [2.05, 4.69) is 20.3 Å². The molecular formula is C5H14Al. The Morgan fingerprint density at radius 1 is 1.50 bits per heavy atom. The van der Waals surface area contributed by atoms with Gasteiger partial charge in [-0.2, -0.15) is 0 Å². The first-order valence-corrected chi connectivity index (χ1v) is 2.19. The lowest BCUT2D eigenvalue weighted by molar-refractivity contribution is 0.901. The highest BCUT2D eigenvalue weighted by atomic mass is 27.0. The van der Waals surface area contributed by atoms with Crippen LogP contribution in [0.1, 0.15) is 26.7 Å². The summed E-state index contributed by atoms with van der Waals surface area (Å²) < 4.78 is 0. The molecule has 0 aromatic rings. The Morgan fingerprint density at radius 2 is 2.00 bits per heavy atom. The van der Waals surface area contributed by atoms with E-state index < -0.39 is 0 Å². The highest BCUT2D eigenvalue weighted by molar-refractivity contribution is 5.75. The Hall–Kier alpha value is 0.532. The first-order chi connectivity index (χ1) is 2.41. The molecule has 0 aliphatic carbocycles. The van der Waals surface area contributed by atoms with Crippen LogP contribution >= 0.6 is 0 Å². The van der Waals surface area contributed by atoms with E-state index in [0.717, 1.165) is 0 Å². The van der Waals surface area contributed by atoms with Crippen molar-refractivity contribution >= 4 is 17.4 Å². The minimum atomic E-state index is 0. The first kappa shape index (κ1) is 9.73. The van der Waals surface area contributed by atoms with Gasteiger partial charge in [0.2, 0.25) is 0 Å². The summed E-state index contributed by atoms with van der Waals surface area (Å²) in [5, 5.41) is 0. The van der Waals surface area contributed by atoms with Crippen LogP contribution in [0.2, 0.25) is 0 Å². The standard InChI is InChI=1S/C5H11.Al.3H/c1-3-5-4-2;;;;/h3H,4-5H2,1-2H3;;;;. The Labute approximate surface area is 51.1 Å². The Kier molecular flexibility index (Phi) is 14.8. The second-order valence-corrected chi connectivity index (χ2v) is 1.20. The lowest BCUT2D eigenvalue weighted by Crippen LogP contribution is -1.60. The highest BCUT2D eigenvalue weighted by Gasteiger charge is 1.68. The minimum Gasteiger partial charge on any atom is -0.0654 e. The van der Waals surface area contributed by atoms with Gasteiger partial charge in [-0.3, -0.25) is 0 Å². The molecule has 1 radical (unpaired) electrons. The van der Waals surface area contributed by atoms with E-state index in [9.17, 15) is 0 Å². The van der Waals surface area contributed by atoms with Crippen molar-refractivity contribution in [1.82, 2.24) is 0 Å². The maximum atomic E-state index is 2.18. The molecule has 0 N–H and O–H groups in total. The smallest absolute Gasteiger partial charge is 0.0654 e. The summed E-state index contributed by atoms with van der Waals surface area (Å²) in [6.45, 7) is 4.27. The maximum absolute atomic E-state index is 2.18. The van der Waals surface area contributed by atoms with Gasteiger partial charge in [0.15, 0.2) is 17.4 Å². The molecular weight excluding hydrogens is 87.0 g/mol. The van der Waals surface area contributed by atoms with Gasteiger partial charge in [0, 0.05) is 0 Å². The minimum absolute atomic E-state index is 0. The quantitative estimate of drug-likeness (QED) is 0.452. The molecule has 0 aliphatic heterocycles. The van der Waals surface area contributed by atoms with Gasteiger partial charge in [-0.25, -0.2) is 0 Å². The molecule has 0 rings (SSSR count). The monoisotopic (exact) mass is 101 g/mol. The zero-order valence-corrected chi connectivity index (χ0v) is 3.99. The molecule has 1 heteroatoms. The number of rotatable bonds is 2. The van der Waals surface area contributed by atoms with Crippen LogP contribution in [-0.4, -0.2) is 17.4 Å². The molecule has 0 saturated heterocycles. The summed E-state index contributed by atoms with van der Waals surface area (Å²) in [5.41, 5.74) is 0. The van der Waals surface area contributed by atoms with Crippen molar-refractivity contribution < 1.29 is 0 Å². The average molecular weight is 101 g/mol. The van der Waals surface area contributed by atoms with Crippen molar-refractivity contribution in [3.63, 3.8) is 0 Å².